The Morgan fingerprint density at radius 2 is 2.64 bits per heavy atom. The van der Waals surface area contributed by atoms with Crippen LogP contribution >= 0.6 is 23.1 Å². The van der Waals surface area contributed by atoms with Crippen LogP contribution in [0.25, 0.3) is 0 Å². The van der Waals surface area contributed by atoms with E-state index in [1.54, 1.807) is 28.6 Å². The summed E-state index contributed by atoms with van der Waals surface area (Å²) in [5, 5.41) is 8.23. The van der Waals surface area contributed by atoms with Crippen LogP contribution in [0.4, 0.5) is 0 Å². The molecule has 62 valence electrons. The molecule has 0 spiro atoms. The van der Waals surface area contributed by atoms with Crippen LogP contribution in [-0.4, -0.2) is 22.0 Å². The average molecular weight is 189 g/mol. The highest BCUT2D eigenvalue weighted by molar-refractivity contribution is 8.01. The fourth-order valence-electron chi connectivity index (χ4n) is 0.680. The van der Waals surface area contributed by atoms with Gasteiger partial charge in [-0.3, -0.25) is 0 Å². The van der Waals surface area contributed by atoms with Crippen LogP contribution < -0.4 is 5.73 Å². The van der Waals surface area contributed by atoms with E-state index >= 15 is 0 Å². The van der Waals surface area contributed by atoms with E-state index in [1.165, 1.54) is 0 Å². The van der Waals surface area contributed by atoms with Gasteiger partial charge in [-0.05, 0) is 13.0 Å². The van der Waals surface area contributed by atoms with E-state index in [1.807, 2.05) is 0 Å². The summed E-state index contributed by atoms with van der Waals surface area (Å²) in [6.07, 6.45) is 1.03. The lowest BCUT2D eigenvalue weighted by molar-refractivity contribution is 0.821. The molecular formula is C6H11N3S2. The van der Waals surface area contributed by atoms with Gasteiger partial charge in [0, 0.05) is 5.25 Å². The molecule has 0 radical (unpaired) electrons. The van der Waals surface area contributed by atoms with E-state index in [-0.39, 0.29) is 0 Å². The summed E-state index contributed by atoms with van der Waals surface area (Å²) in [5.41, 5.74) is 7.16. The van der Waals surface area contributed by atoms with Gasteiger partial charge in [0.2, 0.25) is 0 Å². The van der Waals surface area contributed by atoms with Gasteiger partial charge < -0.3 is 5.73 Å². The van der Waals surface area contributed by atoms with Gasteiger partial charge in [0.05, 0.1) is 0 Å². The summed E-state index contributed by atoms with van der Waals surface area (Å²) in [6.45, 7) is 2.89. The lowest BCUT2D eigenvalue weighted by Crippen LogP contribution is -2.06. The number of hydrogen-bond acceptors (Lipinski definition) is 5. The van der Waals surface area contributed by atoms with Crippen molar-refractivity contribution in [2.24, 2.45) is 5.73 Å². The summed E-state index contributed by atoms with van der Waals surface area (Å²) in [5.74, 6) is 0. The Kier molecular flexibility index (Phi) is 3.82. The molecule has 5 heteroatoms. The van der Waals surface area contributed by atoms with Crippen LogP contribution in [0.5, 0.6) is 0 Å². The maximum absolute atomic E-state index is 5.41. The zero-order valence-electron chi connectivity index (χ0n) is 6.36. The Hall–Kier alpha value is -0.130. The molecule has 0 aliphatic carbocycles. The Morgan fingerprint density at radius 3 is 3.18 bits per heavy atom. The lowest BCUT2D eigenvalue weighted by atomic mass is 10.3. The first-order valence-electron chi connectivity index (χ1n) is 3.46. The van der Waals surface area contributed by atoms with Gasteiger partial charge in [-0.15, -0.1) is 10.2 Å². The monoisotopic (exact) mass is 189 g/mol. The number of thioether (sulfide) groups is 1. The van der Waals surface area contributed by atoms with Crippen molar-refractivity contribution < 1.29 is 0 Å². The van der Waals surface area contributed by atoms with Crippen molar-refractivity contribution in [3.8, 4) is 0 Å². The first-order valence-corrected chi connectivity index (χ1v) is 5.21. The molecule has 0 fully saturated rings. The highest BCUT2D eigenvalue weighted by atomic mass is 32.2. The average Bonchev–Trinajstić information content (AvgIpc) is 2.40. The number of rotatable bonds is 4. The van der Waals surface area contributed by atoms with Gasteiger partial charge in [-0.2, -0.15) is 0 Å². The smallest absolute Gasteiger partial charge is 0.174 e. The van der Waals surface area contributed by atoms with E-state index < -0.39 is 0 Å². The zero-order valence-corrected chi connectivity index (χ0v) is 7.99. The molecule has 2 N–H and O–H groups in total. The van der Waals surface area contributed by atoms with Crippen LogP contribution in [0.3, 0.4) is 0 Å². The summed E-state index contributed by atoms with van der Waals surface area (Å²) < 4.78 is 1.03. The number of nitrogens with zero attached hydrogens (tertiary/aromatic N) is 2. The molecule has 0 saturated heterocycles. The van der Waals surface area contributed by atoms with Crippen LogP contribution in [0.1, 0.15) is 13.3 Å². The molecule has 1 atom stereocenters. The second-order valence-electron chi connectivity index (χ2n) is 2.21. The largest absolute Gasteiger partial charge is 0.330 e. The number of aromatic nitrogens is 2. The second-order valence-corrected chi connectivity index (χ2v) is 4.73. The summed E-state index contributed by atoms with van der Waals surface area (Å²) >= 11 is 3.32. The summed E-state index contributed by atoms with van der Waals surface area (Å²) in [7, 11) is 0. The Balaban J connectivity index is 2.31. The second kappa shape index (κ2) is 4.69. The maximum atomic E-state index is 5.41. The maximum Gasteiger partial charge on any atom is 0.174 e. The molecule has 0 aliphatic heterocycles. The van der Waals surface area contributed by atoms with Crippen LogP contribution in [0, 0.1) is 0 Å². The molecule has 1 heterocycles. The molecule has 11 heavy (non-hydrogen) atoms. The van der Waals surface area contributed by atoms with Crippen LogP contribution in [0.15, 0.2) is 9.85 Å². The van der Waals surface area contributed by atoms with E-state index in [4.69, 9.17) is 5.73 Å². The topological polar surface area (TPSA) is 51.8 Å². The van der Waals surface area contributed by atoms with E-state index in [0.717, 1.165) is 17.3 Å². The van der Waals surface area contributed by atoms with Gasteiger partial charge in [-0.1, -0.05) is 30.0 Å². The third-order valence-corrected chi connectivity index (χ3v) is 3.20. The fraction of sp³-hybridized carbons (Fsp3) is 0.667. The quantitative estimate of drug-likeness (QED) is 0.727. The minimum atomic E-state index is 0.549. The molecular weight excluding hydrogens is 178 g/mol. The van der Waals surface area contributed by atoms with Gasteiger partial charge >= 0.3 is 0 Å². The zero-order chi connectivity index (χ0) is 8.10. The van der Waals surface area contributed by atoms with Crippen molar-refractivity contribution in [1.82, 2.24) is 10.2 Å². The van der Waals surface area contributed by atoms with Gasteiger partial charge in [0.15, 0.2) is 4.34 Å². The first kappa shape index (κ1) is 8.96. The minimum Gasteiger partial charge on any atom is -0.330 e. The van der Waals surface area contributed by atoms with Crippen LogP contribution in [-0.2, 0) is 0 Å². The van der Waals surface area contributed by atoms with Crippen molar-refractivity contribution in [2.75, 3.05) is 6.54 Å². The predicted molar refractivity (Wildman–Crippen MR) is 48.9 cm³/mol. The van der Waals surface area contributed by atoms with Crippen molar-refractivity contribution in [2.45, 2.75) is 22.9 Å². The van der Waals surface area contributed by atoms with Crippen LogP contribution in [0.2, 0.25) is 0 Å². The molecule has 3 nitrogen and oxygen atoms in total. The minimum absolute atomic E-state index is 0.549. The van der Waals surface area contributed by atoms with Crippen molar-refractivity contribution in [1.29, 1.82) is 0 Å². The highest BCUT2D eigenvalue weighted by Gasteiger charge is 2.04. The Labute approximate surface area is 74.4 Å². The molecule has 1 aromatic heterocycles. The number of hydrogen-bond donors (Lipinski definition) is 1. The Bertz CT molecular complexity index is 188. The summed E-state index contributed by atoms with van der Waals surface area (Å²) in [6, 6.07) is 0. The van der Waals surface area contributed by atoms with E-state index in [2.05, 4.69) is 17.1 Å². The van der Waals surface area contributed by atoms with Gasteiger partial charge in [0.1, 0.15) is 5.51 Å². The SMILES string of the molecule is CC(CCN)Sc1nncs1. The van der Waals surface area contributed by atoms with Crippen molar-refractivity contribution in [3.05, 3.63) is 5.51 Å². The third-order valence-electron chi connectivity index (χ3n) is 1.22. The molecule has 0 bridgehead atoms. The molecule has 0 aliphatic rings. The molecule has 0 aromatic carbocycles. The lowest BCUT2D eigenvalue weighted by Gasteiger charge is -2.04. The molecule has 1 aromatic rings. The fourth-order valence-corrected chi connectivity index (χ4v) is 2.50. The molecule has 1 rings (SSSR count). The molecule has 0 saturated carbocycles. The normalized spacial score (nSPS) is 13.3. The van der Waals surface area contributed by atoms with E-state index in [9.17, 15) is 0 Å². The highest BCUT2D eigenvalue weighted by Crippen LogP contribution is 2.25. The van der Waals surface area contributed by atoms with Gasteiger partial charge in [-0.25, -0.2) is 0 Å². The number of nitrogens with two attached hydrogens (primary N) is 1. The van der Waals surface area contributed by atoms with E-state index in [0.29, 0.717) is 5.25 Å². The predicted octanol–water partition coefficient (Wildman–Crippen LogP) is 1.37. The first-order chi connectivity index (χ1) is 5.33. The molecule has 0 amide bonds. The Morgan fingerprint density at radius 1 is 1.82 bits per heavy atom. The van der Waals surface area contributed by atoms with Crippen molar-refractivity contribution in [3.63, 3.8) is 0 Å². The summed E-state index contributed by atoms with van der Waals surface area (Å²) in [4.78, 5) is 0. The molecule has 1 unspecified atom stereocenters. The standard InChI is InChI=1S/C6H11N3S2/c1-5(2-3-7)11-6-9-8-4-10-6/h4-5H,2-3,7H2,1H3. The van der Waals surface area contributed by atoms with Gasteiger partial charge in [0.25, 0.3) is 0 Å². The van der Waals surface area contributed by atoms with Crippen molar-refractivity contribution >= 4 is 23.1 Å². The third kappa shape index (κ3) is 3.18.